The van der Waals surface area contributed by atoms with Gasteiger partial charge in [0.1, 0.15) is 5.75 Å². The highest BCUT2D eigenvalue weighted by Crippen LogP contribution is 2.31. The van der Waals surface area contributed by atoms with Crippen LogP contribution in [0.3, 0.4) is 0 Å². The first-order valence-electron chi connectivity index (χ1n) is 9.87. The van der Waals surface area contributed by atoms with E-state index in [1.807, 2.05) is 18.2 Å². The Bertz CT molecular complexity index is 851. The Kier molecular flexibility index (Phi) is 7.47. The average Bonchev–Trinajstić information content (AvgIpc) is 2.74. The molecule has 0 saturated carbocycles. The van der Waals surface area contributed by atoms with Gasteiger partial charge in [-0.15, -0.1) is 0 Å². The quantitative estimate of drug-likeness (QED) is 0.689. The topological polar surface area (TPSA) is 71.9 Å². The van der Waals surface area contributed by atoms with Crippen molar-refractivity contribution in [2.45, 2.75) is 38.8 Å². The molecule has 1 fully saturated rings. The maximum Gasteiger partial charge on any atom is 0.340 e. The van der Waals surface area contributed by atoms with Crippen LogP contribution in [0, 0.1) is 0 Å². The van der Waals surface area contributed by atoms with Gasteiger partial charge in [0.25, 0.3) is 0 Å². The maximum absolute atomic E-state index is 12.3. The van der Waals surface area contributed by atoms with E-state index in [4.69, 9.17) is 21.1 Å². The minimum absolute atomic E-state index is 0.0437. The van der Waals surface area contributed by atoms with Crippen molar-refractivity contribution in [3.63, 3.8) is 0 Å². The van der Waals surface area contributed by atoms with E-state index in [-0.39, 0.29) is 18.5 Å². The molecule has 0 spiro atoms. The summed E-state index contributed by atoms with van der Waals surface area (Å²) in [7, 11) is 1.61. The van der Waals surface area contributed by atoms with E-state index in [9.17, 15) is 9.90 Å². The minimum atomic E-state index is -0.366. The zero-order valence-electron chi connectivity index (χ0n) is 16.9. The van der Waals surface area contributed by atoms with Crippen molar-refractivity contribution in [2.24, 2.45) is 0 Å². The van der Waals surface area contributed by atoms with Crippen LogP contribution in [0.15, 0.2) is 30.5 Å². The number of aliphatic hydroxyl groups excluding tert-OH is 1. The standard InChI is InChI=1S/C22H27ClN2O4/c1-3-29-22(27)19-11-18(23)12-24-21(19)16-6-8-25(9-7-16)13-15-4-5-20(28-2)17(10-15)14-26/h4-5,10-12,16,26H,3,6-9,13-14H2,1-2H3. The van der Waals surface area contributed by atoms with Crippen LogP contribution in [0.2, 0.25) is 5.02 Å². The molecule has 156 valence electrons. The van der Waals surface area contributed by atoms with Gasteiger partial charge in [0.2, 0.25) is 0 Å². The third-order valence-electron chi connectivity index (χ3n) is 5.28. The number of carbonyl (C=O) groups is 1. The molecule has 7 heteroatoms. The molecule has 0 unspecified atom stereocenters. The smallest absolute Gasteiger partial charge is 0.340 e. The van der Waals surface area contributed by atoms with Gasteiger partial charge in [0.05, 0.1) is 36.6 Å². The Morgan fingerprint density at radius 2 is 2.07 bits per heavy atom. The summed E-state index contributed by atoms with van der Waals surface area (Å²) in [5.41, 5.74) is 3.19. The van der Waals surface area contributed by atoms with Crippen LogP contribution in [0.4, 0.5) is 0 Å². The number of halogens is 1. The van der Waals surface area contributed by atoms with Crippen molar-refractivity contribution in [1.82, 2.24) is 9.88 Å². The molecule has 3 rings (SSSR count). The first-order chi connectivity index (χ1) is 14.0. The zero-order valence-corrected chi connectivity index (χ0v) is 17.6. The number of likely N-dealkylation sites (tertiary alicyclic amines) is 1. The van der Waals surface area contributed by atoms with Gasteiger partial charge in [-0.1, -0.05) is 17.7 Å². The number of ether oxygens (including phenoxy) is 2. The third-order valence-corrected chi connectivity index (χ3v) is 5.48. The maximum atomic E-state index is 12.3. The molecule has 29 heavy (non-hydrogen) atoms. The lowest BCUT2D eigenvalue weighted by Gasteiger charge is -2.32. The van der Waals surface area contributed by atoms with Crippen LogP contribution in [0.25, 0.3) is 0 Å². The summed E-state index contributed by atoms with van der Waals surface area (Å²) in [6, 6.07) is 7.58. The lowest BCUT2D eigenvalue weighted by molar-refractivity contribution is 0.0523. The average molecular weight is 419 g/mol. The van der Waals surface area contributed by atoms with Crippen LogP contribution >= 0.6 is 11.6 Å². The van der Waals surface area contributed by atoms with Crippen LogP contribution < -0.4 is 4.74 Å². The highest BCUT2D eigenvalue weighted by atomic mass is 35.5. The summed E-state index contributed by atoms with van der Waals surface area (Å²) in [5.74, 6) is 0.539. The second kappa shape index (κ2) is 10.1. The second-order valence-electron chi connectivity index (χ2n) is 7.16. The SMILES string of the molecule is CCOC(=O)c1cc(Cl)cnc1C1CCN(Cc2ccc(OC)c(CO)c2)CC1. The van der Waals surface area contributed by atoms with Gasteiger partial charge in [-0.2, -0.15) is 0 Å². The van der Waals surface area contributed by atoms with E-state index < -0.39 is 0 Å². The highest BCUT2D eigenvalue weighted by molar-refractivity contribution is 6.30. The lowest BCUT2D eigenvalue weighted by atomic mass is 9.90. The Hall–Kier alpha value is -2.15. The molecular weight excluding hydrogens is 392 g/mol. The number of rotatable bonds is 7. The number of carbonyl (C=O) groups excluding carboxylic acids is 1. The van der Waals surface area contributed by atoms with Gasteiger partial charge in [-0.25, -0.2) is 4.79 Å². The highest BCUT2D eigenvalue weighted by Gasteiger charge is 2.26. The normalized spacial score (nSPS) is 15.3. The molecule has 6 nitrogen and oxygen atoms in total. The number of methoxy groups -OCH3 is 1. The molecule has 2 aromatic rings. The third kappa shape index (κ3) is 5.26. The number of pyridine rings is 1. The molecule has 0 atom stereocenters. The van der Waals surface area contributed by atoms with Gasteiger partial charge in [-0.05, 0) is 56.6 Å². The van der Waals surface area contributed by atoms with Crippen molar-refractivity contribution in [2.75, 3.05) is 26.8 Å². The fourth-order valence-electron chi connectivity index (χ4n) is 3.82. The first-order valence-corrected chi connectivity index (χ1v) is 10.2. The summed E-state index contributed by atoms with van der Waals surface area (Å²) in [6.45, 7) is 4.67. The summed E-state index contributed by atoms with van der Waals surface area (Å²) in [6.07, 6.45) is 3.41. The second-order valence-corrected chi connectivity index (χ2v) is 7.60. The molecule has 0 radical (unpaired) electrons. The number of hydrogen-bond donors (Lipinski definition) is 1. The van der Waals surface area contributed by atoms with Crippen molar-refractivity contribution in [3.05, 3.63) is 57.9 Å². The van der Waals surface area contributed by atoms with Crippen LogP contribution in [-0.2, 0) is 17.9 Å². The molecule has 1 N–H and O–H groups in total. The number of piperidine rings is 1. The van der Waals surface area contributed by atoms with Gasteiger partial charge in [0, 0.05) is 24.2 Å². The Morgan fingerprint density at radius 3 is 2.72 bits per heavy atom. The van der Waals surface area contributed by atoms with Crippen LogP contribution in [-0.4, -0.2) is 47.8 Å². The molecule has 0 bridgehead atoms. The number of hydrogen-bond acceptors (Lipinski definition) is 6. The van der Waals surface area contributed by atoms with Gasteiger partial charge in [-0.3, -0.25) is 9.88 Å². The molecule has 1 aliphatic heterocycles. The van der Waals surface area contributed by atoms with E-state index in [1.165, 1.54) is 0 Å². The fraction of sp³-hybridized carbons (Fsp3) is 0.455. The fourth-order valence-corrected chi connectivity index (χ4v) is 3.98. The van der Waals surface area contributed by atoms with Crippen molar-refractivity contribution >= 4 is 17.6 Å². The zero-order chi connectivity index (χ0) is 20.8. The predicted molar refractivity (Wildman–Crippen MR) is 111 cm³/mol. The van der Waals surface area contributed by atoms with Crippen LogP contribution in [0.5, 0.6) is 5.75 Å². The summed E-state index contributed by atoms with van der Waals surface area (Å²) in [5, 5.41) is 9.96. The van der Waals surface area contributed by atoms with Gasteiger partial charge >= 0.3 is 5.97 Å². The number of aliphatic hydroxyl groups is 1. The molecular formula is C22H27ClN2O4. The van der Waals surface area contributed by atoms with Crippen LogP contribution in [0.1, 0.15) is 52.9 Å². The van der Waals surface area contributed by atoms with E-state index in [2.05, 4.69) is 9.88 Å². The van der Waals surface area contributed by atoms with E-state index in [0.717, 1.165) is 49.3 Å². The van der Waals surface area contributed by atoms with Crippen molar-refractivity contribution < 1.29 is 19.4 Å². The van der Waals surface area contributed by atoms with Crippen molar-refractivity contribution in [1.29, 1.82) is 0 Å². The number of esters is 1. The minimum Gasteiger partial charge on any atom is -0.496 e. The Morgan fingerprint density at radius 1 is 1.31 bits per heavy atom. The Balaban J connectivity index is 1.66. The number of benzene rings is 1. The molecule has 0 amide bonds. The predicted octanol–water partition coefficient (Wildman–Crippen LogP) is 3.79. The molecule has 1 saturated heterocycles. The van der Waals surface area contributed by atoms with E-state index in [1.54, 1.807) is 26.3 Å². The molecule has 1 aliphatic rings. The molecule has 1 aromatic carbocycles. The molecule has 0 aliphatic carbocycles. The van der Waals surface area contributed by atoms with Gasteiger partial charge < -0.3 is 14.6 Å². The summed E-state index contributed by atoms with van der Waals surface area (Å²) >= 11 is 6.05. The number of nitrogens with zero attached hydrogens (tertiary/aromatic N) is 2. The molecule has 2 heterocycles. The largest absolute Gasteiger partial charge is 0.496 e. The van der Waals surface area contributed by atoms with Gasteiger partial charge in [0.15, 0.2) is 0 Å². The van der Waals surface area contributed by atoms with E-state index in [0.29, 0.717) is 22.9 Å². The number of aromatic nitrogens is 1. The van der Waals surface area contributed by atoms with Crippen molar-refractivity contribution in [3.8, 4) is 5.75 Å². The monoisotopic (exact) mass is 418 g/mol. The van der Waals surface area contributed by atoms with E-state index >= 15 is 0 Å². The molecule has 1 aromatic heterocycles. The lowest BCUT2D eigenvalue weighted by Crippen LogP contribution is -2.33. The Labute approximate surface area is 176 Å². The first kappa shape index (κ1) is 21.6. The summed E-state index contributed by atoms with van der Waals surface area (Å²) in [4.78, 5) is 19.2. The summed E-state index contributed by atoms with van der Waals surface area (Å²) < 4.78 is 10.4.